The molecule has 3 unspecified atom stereocenters. The van der Waals surface area contributed by atoms with E-state index in [1.54, 1.807) is 0 Å². The Morgan fingerprint density at radius 3 is 2.32 bits per heavy atom. The van der Waals surface area contributed by atoms with Gasteiger partial charge in [-0.05, 0) is 30.6 Å². The van der Waals surface area contributed by atoms with E-state index in [1.165, 1.54) is 0 Å². The lowest BCUT2D eigenvalue weighted by Gasteiger charge is -2.40. The third-order valence-electron chi connectivity index (χ3n) is 4.44. The Morgan fingerprint density at radius 1 is 1.32 bits per heavy atom. The minimum Gasteiger partial charge on any atom is -0.395 e. The van der Waals surface area contributed by atoms with E-state index in [-0.39, 0.29) is 23.7 Å². The van der Waals surface area contributed by atoms with Gasteiger partial charge in [0.05, 0.1) is 5.92 Å². The number of hydrogen-bond donors (Lipinski definition) is 0. The molecule has 0 aliphatic carbocycles. The van der Waals surface area contributed by atoms with Crippen LogP contribution in [0.3, 0.4) is 0 Å². The van der Waals surface area contributed by atoms with E-state index in [1.807, 2.05) is 13.8 Å². The summed E-state index contributed by atoms with van der Waals surface area (Å²) in [5.41, 5.74) is -0.0240. The maximum absolute atomic E-state index is 11.7. The molecule has 3 nitrogen and oxygen atoms in total. The standard InChI is InChI=1S/C16H28O3/c1-7-9-14(10-8-2)16(5,6)13(4)12(3)15(18)19-11-17/h7,9,11-14H,8,10H2,1-6H3/b9-7-. The van der Waals surface area contributed by atoms with Crippen molar-refractivity contribution in [2.75, 3.05) is 0 Å². The fraction of sp³-hybridized carbons (Fsp3) is 0.750. The Balaban J connectivity index is 5.03. The van der Waals surface area contributed by atoms with E-state index in [0.717, 1.165) is 12.8 Å². The van der Waals surface area contributed by atoms with Crippen LogP contribution < -0.4 is 0 Å². The summed E-state index contributed by atoms with van der Waals surface area (Å²) in [6.45, 7) is 12.7. The first-order valence-corrected chi connectivity index (χ1v) is 7.09. The molecule has 0 radical (unpaired) electrons. The van der Waals surface area contributed by atoms with Gasteiger partial charge in [0, 0.05) is 0 Å². The van der Waals surface area contributed by atoms with E-state index in [9.17, 15) is 9.59 Å². The van der Waals surface area contributed by atoms with Crippen molar-refractivity contribution in [3.8, 4) is 0 Å². The lowest BCUT2D eigenvalue weighted by molar-refractivity contribution is -0.157. The lowest BCUT2D eigenvalue weighted by Crippen LogP contribution is -2.37. The Labute approximate surface area is 117 Å². The van der Waals surface area contributed by atoms with Crippen molar-refractivity contribution in [1.82, 2.24) is 0 Å². The Bertz CT molecular complexity index is 318. The predicted molar refractivity (Wildman–Crippen MR) is 77.5 cm³/mol. The second kappa shape index (κ2) is 8.13. The van der Waals surface area contributed by atoms with Gasteiger partial charge >= 0.3 is 12.4 Å². The summed E-state index contributed by atoms with van der Waals surface area (Å²) in [7, 11) is 0. The van der Waals surface area contributed by atoms with Crippen LogP contribution in [0.25, 0.3) is 0 Å². The molecule has 0 fully saturated rings. The molecule has 0 rings (SSSR count). The van der Waals surface area contributed by atoms with Gasteiger partial charge in [-0.2, -0.15) is 0 Å². The molecule has 0 spiro atoms. The largest absolute Gasteiger partial charge is 0.395 e. The van der Waals surface area contributed by atoms with Crippen LogP contribution in [0.1, 0.15) is 54.4 Å². The third-order valence-corrected chi connectivity index (χ3v) is 4.44. The number of carbonyl (C=O) groups excluding carboxylic acids is 2. The van der Waals surface area contributed by atoms with Gasteiger partial charge in [0.15, 0.2) is 0 Å². The average Bonchev–Trinajstić information content (AvgIpc) is 2.36. The zero-order valence-electron chi connectivity index (χ0n) is 13.1. The summed E-state index contributed by atoms with van der Waals surface area (Å²) in [5.74, 6) is -0.173. The molecule has 0 N–H and O–H groups in total. The summed E-state index contributed by atoms with van der Waals surface area (Å²) >= 11 is 0. The summed E-state index contributed by atoms with van der Waals surface area (Å²) in [6.07, 6.45) is 6.50. The van der Waals surface area contributed by atoms with Crippen LogP contribution in [-0.4, -0.2) is 12.4 Å². The minimum atomic E-state index is -0.439. The van der Waals surface area contributed by atoms with Crippen LogP contribution in [-0.2, 0) is 14.3 Å². The van der Waals surface area contributed by atoms with Crippen molar-refractivity contribution in [2.45, 2.75) is 54.4 Å². The molecule has 0 bridgehead atoms. The number of ether oxygens (including phenoxy) is 1. The quantitative estimate of drug-likeness (QED) is 0.289. The molecule has 0 saturated heterocycles. The molecule has 0 aliphatic heterocycles. The molecule has 0 aliphatic rings. The van der Waals surface area contributed by atoms with Gasteiger partial charge in [-0.3, -0.25) is 9.59 Å². The molecule has 0 heterocycles. The van der Waals surface area contributed by atoms with Crippen LogP contribution in [0, 0.1) is 23.2 Å². The van der Waals surface area contributed by atoms with Gasteiger partial charge < -0.3 is 4.74 Å². The van der Waals surface area contributed by atoms with Crippen LogP contribution in [0.15, 0.2) is 12.2 Å². The van der Waals surface area contributed by atoms with Gasteiger partial charge in [-0.25, -0.2) is 0 Å². The van der Waals surface area contributed by atoms with E-state index < -0.39 is 5.97 Å². The molecule has 19 heavy (non-hydrogen) atoms. The second-order valence-electron chi connectivity index (χ2n) is 5.85. The molecule has 0 aromatic rings. The zero-order chi connectivity index (χ0) is 15.1. The summed E-state index contributed by atoms with van der Waals surface area (Å²) in [4.78, 5) is 22.0. The van der Waals surface area contributed by atoms with Crippen molar-refractivity contribution >= 4 is 12.4 Å². The summed E-state index contributed by atoms with van der Waals surface area (Å²) in [6, 6.07) is 0. The van der Waals surface area contributed by atoms with Crippen LogP contribution in [0.4, 0.5) is 0 Å². The highest BCUT2D eigenvalue weighted by atomic mass is 16.6. The number of rotatable bonds is 8. The molecule has 3 atom stereocenters. The van der Waals surface area contributed by atoms with E-state index in [0.29, 0.717) is 5.92 Å². The SMILES string of the molecule is C/C=C\C(CCC)C(C)(C)C(C)C(C)C(=O)OC=O. The Morgan fingerprint density at radius 2 is 1.89 bits per heavy atom. The maximum atomic E-state index is 11.7. The first-order chi connectivity index (χ1) is 8.82. The molecule has 0 saturated carbocycles. The lowest BCUT2D eigenvalue weighted by atomic mass is 9.64. The Hall–Kier alpha value is -1.12. The van der Waals surface area contributed by atoms with E-state index in [2.05, 4.69) is 44.6 Å². The highest BCUT2D eigenvalue weighted by molar-refractivity contribution is 5.78. The van der Waals surface area contributed by atoms with Crippen LogP contribution in [0.5, 0.6) is 0 Å². The highest BCUT2D eigenvalue weighted by Crippen LogP contribution is 2.42. The molecule has 0 aromatic carbocycles. The molecule has 0 amide bonds. The minimum absolute atomic E-state index is 0.0240. The van der Waals surface area contributed by atoms with Crippen molar-refractivity contribution in [2.24, 2.45) is 23.2 Å². The number of esters is 1. The first-order valence-electron chi connectivity index (χ1n) is 7.09. The second-order valence-corrected chi connectivity index (χ2v) is 5.85. The van der Waals surface area contributed by atoms with E-state index >= 15 is 0 Å². The van der Waals surface area contributed by atoms with E-state index in [4.69, 9.17) is 0 Å². The number of hydrogen-bond acceptors (Lipinski definition) is 3. The number of carbonyl (C=O) groups is 2. The molecule has 3 heteroatoms. The predicted octanol–water partition coefficient (Wildman–Crippen LogP) is 3.98. The molecular weight excluding hydrogens is 240 g/mol. The summed E-state index contributed by atoms with van der Waals surface area (Å²) < 4.78 is 4.48. The monoisotopic (exact) mass is 268 g/mol. The van der Waals surface area contributed by atoms with Gasteiger partial charge in [0.2, 0.25) is 0 Å². The van der Waals surface area contributed by atoms with Crippen LogP contribution in [0.2, 0.25) is 0 Å². The topological polar surface area (TPSA) is 43.4 Å². The maximum Gasteiger partial charge on any atom is 0.316 e. The summed E-state index contributed by atoms with van der Waals surface area (Å²) in [5, 5.41) is 0. The third kappa shape index (κ3) is 4.81. The normalized spacial score (nSPS) is 16.9. The molecule has 110 valence electrons. The van der Waals surface area contributed by atoms with Crippen molar-refractivity contribution in [1.29, 1.82) is 0 Å². The van der Waals surface area contributed by atoms with Crippen molar-refractivity contribution in [3.63, 3.8) is 0 Å². The zero-order valence-corrected chi connectivity index (χ0v) is 13.1. The van der Waals surface area contributed by atoms with Gasteiger partial charge in [-0.1, -0.05) is 53.2 Å². The fourth-order valence-corrected chi connectivity index (χ4v) is 2.60. The fourth-order valence-electron chi connectivity index (χ4n) is 2.60. The molecular formula is C16H28O3. The van der Waals surface area contributed by atoms with Crippen molar-refractivity contribution < 1.29 is 14.3 Å². The van der Waals surface area contributed by atoms with Crippen molar-refractivity contribution in [3.05, 3.63) is 12.2 Å². The molecule has 0 aromatic heterocycles. The highest BCUT2D eigenvalue weighted by Gasteiger charge is 2.38. The first kappa shape index (κ1) is 17.9. The smallest absolute Gasteiger partial charge is 0.316 e. The average molecular weight is 268 g/mol. The Kier molecular flexibility index (Phi) is 7.65. The van der Waals surface area contributed by atoms with Gasteiger partial charge in [0.1, 0.15) is 0 Å². The van der Waals surface area contributed by atoms with Gasteiger partial charge in [0.25, 0.3) is 0 Å². The van der Waals surface area contributed by atoms with Gasteiger partial charge in [-0.15, -0.1) is 0 Å². The number of allylic oxidation sites excluding steroid dienone is 2. The van der Waals surface area contributed by atoms with Crippen LogP contribution >= 0.6 is 0 Å².